The fourth-order valence-corrected chi connectivity index (χ4v) is 2.26. The van der Waals surface area contributed by atoms with Gasteiger partial charge in [0.2, 0.25) is 5.91 Å². The molecule has 17 heavy (non-hydrogen) atoms. The van der Waals surface area contributed by atoms with Gasteiger partial charge in [-0.3, -0.25) is 4.79 Å². The number of nitrogens with one attached hydrogen (secondary N) is 2. The number of urea groups is 1. The molecule has 0 atom stereocenters. The third-order valence-corrected chi connectivity index (χ3v) is 3.01. The lowest BCUT2D eigenvalue weighted by molar-refractivity contribution is -0.119. The van der Waals surface area contributed by atoms with Crippen LogP contribution in [-0.2, 0) is 4.79 Å². The van der Waals surface area contributed by atoms with E-state index in [0.717, 1.165) is 12.8 Å². The van der Waals surface area contributed by atoms with Crippen LogP contribution in [0.3, 0.4) is 0 Å². The second-order valence-electron chi connectivity index (χ2n) is 5.46. The molecular formula is C12H23N3O2. The van der Waals surface area contributed by atoms with Crippen molar-refractivity contribution in [2.75, 3.05) is 0 Å². The molecule has 0 aromatic rings. The van der Waals surface area contributed by atoms with Crippen molar-refractivity contribution < 1.29 is 9.59 Å². The zero-order valence-corrected chi connectivity index (χ0v) is 10.7. The summed E-state index contributed by atoms with van der Waals surface area (Å²) in [5.41, 5.74) is 4.54. The van der Waals surface area contributed by atoms with Crippen LogP contribution in [-0.4, -0.2) is 23.5 Å². The maximum atomic E-state index is 11.7. The lowest BCUT2D eigenvalue weighted by Crippen LogP contribution is -2.52. The van der Waals surface area contributed by atoms with E-state index in [9.17, 15) is 9.59 Å². The van der Waals surface area contributed by atoms with Crippen molar-refractivity contribution in [2.24, 2.45) is 5.73 Å². The molecule has 98 valence electrons. The van der Waals surface area contributed by atoms with Gasteiger partial charge in [-0.05, 0) is 26.7 Å². The Labute approximate surface area is 103 Å². The van der Waals surface area contributed by atoms with Crippen molar-refractivity contribution in [3.63, 3.8) is 0 Å². The van der Waals surface area contributed by atoms with Crippen molar-refractivity contribution >= 4 is 11.9 Å². The molecule has 0 spiro atoms. The molecule has 5 nitrogen and oxygen atoms in total. The first-order chi connectivity index (χ1) is 7.89. The van der Waals surface area contributed by atoms with Crippen LogP contribution in [0.5, 0.6) is 0 Å². The van der Waals surface area contributed by atoms with Crippen LogP contribution in [0.1, 0.15) is 52.4 Å². The molecule has 0 radical (unpaired) electrons. The van der Waals surface area contributed by atoms with E-state index < -0.39 is 11.4 Å². The molecule has 1 saturated carbocycles. The summed E-state index contributed by atoms with van der Waals surface area (Å²) in [5, 5.41) is 5.73. The lowest BCUT2D eigenvalue weighted by atomic mass is 9.95. The number of carbonyl (C=O) groups is 2. The van der Waals surface area contributed by atoms with Gasteiger partial charge in [0.1, 0.15) is 0 Å². The van der Waals surface area contributed by atoms with Crippen LogP contribution in [0.15, 0.2) is 0 Å². The van der Waals surface area contributed by atoms with Gasteiger partial charge in [0.05, 0.1) is 0 Å². The maximum Gasteiger partial charge on any atom is 0.315 e. The molecule has 0 saturated heterocycles. The fourth-order valence-electron chi connectivity index (χ4n) is 2.26. The monoisotopic (exact) mass is 241 g/mol. The highest BCUT2D eigenvalue weighted by Crippen LogP contribution is 2.17. The van der Waals surface area contributed by atoms with E-state index >= 15 is 0 Å². The first kappa shape index (κ1) is 13.8. The highest BCUT2D eigenvalue weighted by molar-refractivity contribution is 5.78. The SMILES string of the molecule is CC(C)(CC(N)=O)NC(=O)NC1CCCCC1. The van der Waals surface area contributed by atoms with Crippen molar-refractivity contribution in [3.8, 4) is 0 Å². The van der Waals surface area contributed by atoms with Gasteiger partial charge in [-0.1, -0.05) is 19.3 Å². The summed E-state index contributed by atoms with van der Waals surface area (Å²) in [6.45, 7) is 3.58. The zero-order chi connectivity index (χ0) is 12.9. The highest BCUT2D eigenvalue weighted by Gasteiger charge is 2.24. The number of nitrogens with two attached hydrogens (primary N) is 1. The number of carbonyl (C=O) groups excluding carboxylic acids is 2. The largest absolute Gasteiger partial charge is 0.370 e. The van der Waals surface area contributed by atoms with Gasteiger partial charge < -0.3 is 16.4 Å². The predicted octanol–water partition coefficient (Wildman–Crippen LogP) is 1.27. The quantitative estimate of drug-likeness (QED) is 0.692. The normalized spacial score (nSPS) is 17.5. The second-order valence-corrected chi connectivity index (χ2v) is 5.46. The van der Waals surface area contributed by atoms with Gasteiger partial charge in [-0.15, -0.1) is 0 Å². The third kappa shape index (κ3) is 5.56. The molecule has 0 aliphatic heterocycles. The van der Waals surface area contributed by atoms with Crippen molar-refractivity contribution in [2.45, 2.75) is 64.0 Å². The predicted molar refractivity (Wildman–Crippen MR) is 66.4 cm³/mol. The average Bonchev–Trinajstić information content (AvgIpc) is 2.15. The Kier molecular flexibility index (Phi) is 4.78. The summed E-state index contributed by atoms with van der Waals surface area (Å²) in [6, 6.07) is 0.0660. The Balaban J connectivity index is 2.34. The van der Waals surface area contributed by atoms with Gasteiger partial charge in [0.15, 0.2) is 0 Å². The highest BCUT2D eigenvalue weighted by atomic mass is 16.2. The summed E-state index contributed by atoms with van der Waals surface area (Å²) < 4.78 is 0. The molecule has 0 aromatic heterocycles. The zero-order valence-electron chi connectivity index (χ0n) is 10.7. The second kappa shape index (κ2) is 5.89. The standard InChI is InChI=1S/C12H23N3O2/c1-12(2,8-10(13)16)15-11(17)14-9-6-4-3-5-7-9/h9H,3-8H2,1-2H3,(H2,13,16)(H2,14,15,17). The first-order valence-electron chi connectivity index (χ1n) is 6.26. The van der Waals surface area contributed by atoms with Gasteiger partial charge in [-0.25, -0.2) is 4.79 Å². The minimum absolute atomic E-state index is 0.144. The topological polar surface area (TPSA) is 84.2 Å². The van der Waals surface area contributed by atoms with E-state index in [1.54, 1.807) is 13.8 Å². The smallest absolute Gasteiger partial charge is 0.315 e. The molecule has 1 aliphatic rings. The Morgan fingerprint density at radius 2 is 1.82 bits per heavy atom. The van der Waals surface area contributed by atoms with Gasteiger partial charge in [-0.2, -0.15) is 0 Å². The van der Waals surface area contributed by atoms with Crippen LogP contribution in [0.2, 0.25) is 0 Å². The van der Waals surface area contributed by atoms with Crippen LogP contribution < -0.4 is 16.4 Å². The van der Waals surface area contributed by atoms with E-state index in [1.165, 1.54) is 19.3 Å². The van der Waals surface area contributed by atoms with Gasteiger partial charge in [0.25, 0.3) is 0 Å². The van der Waals surface area contributed by atoms with E-state index in [1.807, 2.05) is 0 Å². The molecule has 5 heteroatoms. The van der Waals surface area contributed by atoms with Crippen molar-refractivity contribution in [1.29, 1.82) is 0 Å². The maximum absolute atomic E-state index is 11.7. The molecule has 0 aromatic carbocycles. The van der Waals surface area contributed by atoms with E-state index in [-0.39, 0.29) is 18.5 Å². The van der Waals surface area contributed by atoms with Crippen LogP contribution in [0, 0.1) is 0 Å². The summed E-state index contributed by atoms with van der Waals surface area (Å²) in [5.74, 6) is -0.409. The van der Waals surface area contributed by atoms with E-state index in [0.29, 0.717) is 0 Å². The molecule has 0 heterocycles. The van der Waals surface area contributed by atoms with Crippen LogP contribution >= 0.6 is 0 Å². The molecule has 0 bridgehead atoms. The summed E-state index contributed by atoms with van der Waals surface area (Å²) in [6.07, 6.45) is 5.84. The molecule has 4 N–H and O–H groups in total. The summed E-state index contributed by atoms with van der Waals surface area (Å²) in [4.78, 5) is 22.6. The number of amides is 3. The molecule has 1 fully saturated rings. The third-order valence-electron chi connectivity index (χ3n) is 3.01. The average molecular weight is 241 g/mol. The Morgan fingerprint density at radius 3 is 2.35 bits per heavy atom. The first-order valence-corrected chi connectivity index (χ1v) is 6.26. The Hall–Kier alpha value is -1.26. The number of hydrogen-bond acceptors (Lipinski definition) is 2. The molecule has 1 aliphatic carbocycles. The van der Waals surface area contributed by atoms with Gasteiger partial charge in [0, 0.05) is 18.0 Å². The Bertz CT molecular complexity index is 283. The van der Waals surface area contributed by atoms with Crippen LogP contribution in [0.25, 0.3) is 0 Å². The minimum atomic E-state index is -0.593. The van der Waals surface area contributed by atoms with Crippen LogP contribution in [0.4, 0.5) is 4.79 Å². The lowest BCUT2D eigenvalue weighted by Gasteiger charge is -2.28. The molecule has 1 rings (SSSR count). The molecule has 3 amide bonds. The Morgan fingerprint density at radius 1 is 1.24 bits per heavy atom. The number of primary amides is 1. The fraction of sp³-hybridized carbons (Fsp3) is 0.833. The van der Waals surface area contributed by atoms with E-state index in [2.05, 4.69) is 10.6 Å². The molecular weight excluding hydrogens is 218 g/mol. The summed E-state index contributed by atoms with van der Waals surface area (Å²) in [7, 11) is 0. The van der Waals surface area contributed by atoms with Crippen molar-refractivity contribution in [3.05, 3.63) is 0 Å². The van der Waals surface area contributed by atoms with E-state index in [4.69, 9.17) is 5.73 Å². The molecule has 0 unspecified atom stereocenters. The summed E-state index contributed by atoms with van der Waals surface area (Å²) >= 11 is 0. The minimum Gasteiger partial charge on any atom is -0.370 e. The number of hydrogen-bond donors (Lipinski definition) is 3. The van der Waals surface area contributed by atoms with Gasteiger partial charge >= 0.3 is 6.03 Å². The number of rotatable bonds is 4. The van der Waals surface area contributed by atoms with Crippen molar-refractivity contribution in [1.82, 2.24) is 10.6 Å².